The largest absolute Gasteiger partial charge is 0.394 e. The van der Waals surface area contributed by atoms with E-state index < -0.39 is 5.79 Å². The van der Waals surface area contributed by atoms with E-state index in [2.05, 4.69) is 4.99 Å². The van der Waals surface area contributed by atoms with Gasteiger partial charge in [-0.05, 0) is 13.8 Å². The van der Waals surface area contributed by atoms with Gasteiger partial charge in [0.15, 0.2) is 11.0 Å². The molecule has 0 spiro atoms. The van der Waals surface area contributed by atoms with Crippen molar-refractivity contribution in [2.24, 2.45) is 4.99 Å². The summed E-state index contributed by atoms with van der Waals surface area (Å²) in [5.41, 5.74) is -0.103. The topological polar surface area (TPSA) is 63.5 Å². The third-order valence-corrected chi connectivity index (χ3v) is 4.80. The van der Waals surface area contributed by atoms with Crippen molar-refractivity contribution in [2.75, 3.05) is 20.7 Å². The zero-order valence-electron chi connectivity index (χ0n) is 11.6. The lowest BCUT2D eigenvalue weighted by Crippen LogP contribution is -2.54. The number of rotatable bonds is 1. The number of hydrogen-bond donors (Lipinski definition) is 1. The lowest BCUT2D eigenvalue weighted by atomic mass is 9.99. The van der Waals surface area contributed by atoms with E-state index in [4.69, 9.17) is 14.2 Å². The van der Waals surface area contributed by atoms with Crippen LogP contribution < -0.4 is 0 Å². The number of ether oxygens (including phenoxy) is 3. The number of hydrogen-bond acceptors (Lipinski definition) is 7. The minimum atomic E-state index is -0.651. The Hall–Kier alpha value is -0.340. The van der Waals surface area contributed by atoms with E-state index in [1.165, 1.54) is 0 Å². The van der Waals surface area contributed by atoms with Crippen LogP contribution in [-0.4, -0.2) is 71.5 Å². The van der Waals surface area contributed by atoms with Crippen LogP contribution >= 0.6 is 11.8 Å². The summed E-state index contributed by atoms with van der Waals surface area (Å²) in [5, 5.41) is 10.4. The summed E-state index contributed by atoms with van der Waals surface area (Å²) in [6.07, 6.45) is -0.764. The summed E-state index contributed by atoms with van der Waals surface area (Å²) in [6.45, 7) is 3.70. The molecule has 0 aliphatic carbocycles. The molecule has 5 atom stereocenters. The molecule has 7 heteroatoms. The van der Waals surface area contributed by atoms with Gasteiger partial charge in [0.1, 0.15) is 29.8 Å². The van der Waals surface area contributed by atoms with Crippen molar-refractivity contribution in [1.82, 2.24) is 4.90 Å². The van der Waals surface area contributed by atoms with Crippen molar-refractivity contribution in [3.05, 3.63) is 0 Å². The van der Waals surface area contributed by atoms with Gasteiger partial charge in [0.2, 0.25) is 0 Å². The van der Waals surface area contributed by atoms with E-state index in [1.54, 1.807) is 11.8 Å². The highest BCUT2D eigenvalue weighted by atomic mass is 32.2. The smallest absolute Gasteiger partial charge is 0.164 e. The highest BCUT2D eigenvalue weighted by Crippen LogP contribution is 2.44. The molecule has 0 radical (unpaired) electrons. The highest BCUT2D eigenvalue weighted by Gasteiger charge is 2.57. The Kier molecular flexibility index (Phi) is 3.30. The lowest BCUT2D eigenvalue weighted by molar-refractivity contribution is -0.158. The Balaban J connectivity index is 1.87. The third kappa shape index (κ3) is 2.27. The molecule has 2 fully saturated rings. The van der Waals surface area contributed by atoms with Gasteiger partial charge in [0.05, 0.1) is 6.61 Å². The highest BCUT2D eigenvalue weighted by molar-refractivity contribution is 8.14. The molecule has 0 saturated carbocycles. The standard InChI is InChI=1S/C12H20N2O4S/c1-12(2)17-8-6(5-15)16-10-7(9(8)18-12)13-11(19-10)14(3)4/h6-10,15H,5H2,1-4H3. The van der Waals surface area contributed by atoms with Crippen LogP contribution in [0.2, 0.25) is 0 Å². The van der Waals surface area contributed by atoms with Crippen LogP contribution in [0.4, 0.5) is 0 Å². The van der Waals surface area contributed by atoms with Crippen LogP contribution in [0.5, 0.6) is 0 Å². The van der Waals surface area contributed by atoms with Crippen molar-refractivity contribution >= 4 is 16.9 Å². The van der Waals surface area contributed by atoms with Crippen molar-refractivity contribution in [1.29, 1.82) is 0 Å². The fourth-order valence-corrected chi connectivity index (χ4v) is 3.87. The first-order valence-electron chi connectivity index (χ1n) is 6.45. The first-order valence-corrected chi connectivity index (χ1v) is 7.33. The average Bonchev–Trinajstić information content (AvgIpc) is 2.87. The molecule has 3 aliphatic rings. The van der Waals surface area contributed by atoms with Crippen molar-refractivity contribution in [3.63, 3.8) is 0 Å². The number of amidine groups is 1. The first-order chi connectivity index (χ1) is 8.91. The molecule has 0 aromatic carbocycles. The van der Waals surface area contributed by atoms with Crippen LogP contribution in [0.3, 0.4) is 0 Å². The molecule has 19 heavy (non-hydrogen) atoms. The Bertz CT molecular complexity index is 401. The number of thioether (sulfide) groups is 1. The van der Waals surface area contributed by atoms with E-state index in [-0.39, 0.29) is 36.4 Å². The van der Waals surface area contributed by atoms with Crippen LogP contribution in [0.1, 0.15) is 13.8 Å². The zero-order chi connectivity index (χ0) is 13.8. The molecule has 0 amide bonds. The number of aliphatic imine (C=N–C) groups is 1. The predicted octanol–water partition coefficient (Wildman–Crippen LogP) is 0.257. The van der Waals surface area contributed by atoms with E-state index >= 15 is 0 Å². The van der Waals surface area contributed by atoms with E-state index in [1.807, 2.05) is 32.8 Å². The van der Waals surface area contributed by atoms with Gasteiger partial charge in [-0.1, -0.05) is 11.8 Å². The van der Waals surface area contributed by atoms with Crippen molar-refractivity contribution < 1.29 is 19.3 Å². The summed E-state index contributed by atoms with van der Waals surface area (Å²) in [7, 11) is 3.92. The average molecular weight is 288 g/mol. The van der Waals surface area contributed by atoms with Crippen LogP contribution in [0.15, 0.2) is 4.99 Å². The fourth-order valence-electron chi connectivity index (χ4n) is 2.72. The Morgan fingerprint density at radius 2 is 2.00 bits per heavy atom. The number of aliphatic hydroxyl groups excluding tert-OH is 1. The third-order valence-electron chi connectivity index (χ3n) is 3.50. The second-order valence-electron chi connectivity index (χ2n) is 5.70. The fraction of sp³-hybridized carbons (Fsp3) is 0.917. The van der Waals surface area contributed by atoms with Crippen molar-refractivity contribution in [2.45, 2.75) is 49.4 Å². The van der Waals surface area contributed by atoms with Crippen molar-refractivity contribution in [3.8, 4) is 0 Å². The second-order valence-corrected chi connectivity index (χ2v) is 6.77. The molecule has 2 saturated heterocycles. The molecule has 6 nitrogen and oxygen atoms in total. The number of fused-ring (bicyclic) bond motifs is 3. The first kappa shape index (κ1) is 13.6. The monoisotopic (exact) mass is 288 g/mol. The summed E-state index contributed by atoms with van der Waals surface area (Å²) >= 11 is 1.58. The van der Waals surface area contributed by atoms with Gasteiger partial charge >= 0.3 is 0 Å². The predicted molar refractivity (Wildman–Crippen MR) is 72.1 cm³/mol. The summed E-state index contributed by atoms with van der Waals surface area (Å²) in [4.78, 5) is 6.65. The molecule has 108 valence electrons. The van der Waals surface area contributed by atoms with Gasteiger partial charge < -0.3 is 24.2 Å². The molecular weight excluding hydrogens is 268 g/mol. The van der Waals surface area contributed by atoms with Gasteiger partial charge in [-0.3, -0.25) is 4.99 Å². The molecule has 3 heterocycles. The zero-order valence-corrected chi connectivity index (χ0v) is 12.4. The SMILES string of the molecule is CN(C)C1=NC2C(OC(CO)C3OC(C)(C)OC23)S1. The quantitative estimate of drug-likeness (QED) is 0.746. The Morgan fingerprint density at radius 3 is 2.63 bits per heavy atom. The molecule has 0 aromatic rings. The Morgan fingerprint density at radius 1 is 1.32 bits per heavy atom. The van der Waals surface area contributed by atoms with Gasteiger partial charge in [-0.25, -0.2) is 0 Å². The molecule has 3 rings (SSSR count). The summed E-state index contributed by atoms with van der Waals surface area (Å²) in [5.74, 6) is -0.651. The van der Waals surface area contributed by atoms with Crippen LogP contribution in [-0.2, 0) is 14.2 Å². The lowest BCUT2D eigenvalue weighted by Gasteiger charge is -2.36. The minimum Gasteiger partial charge on any atom is -0.394 e. The molecule has 5 unspecified atom stereocenters. The molecule has 0 bridgehead atoms. The van der Waals surface area contributed by atoms with E-state index in [0.29, 0.717) is 0 Å². The van der Waals surface area contributed by atoms with Gasteiger partial charge in [0.25, 0.3) is 0 Å². The Labute approximate surface area is 117 Å². The number of nitrogens with zero attached hydrogens (tertiary/aromatic N) is 2. The summed E-state index contributed by atoms with van der Waals surface area (Å²) in [6, 6.07) is -0.0722. The normalized spacial score (nSPS) is 43.6. The molecule has 3 aliphatic heterocycles. The molecular formula is C12H20N2O4S. The van der Waals surface area contributed by atoms with E-state index in [9.17, 15) is 5.11 Å². The van der Waals surface area contributed by atoms with Gasteiger partial charge in [0, 0.05) is 14.1 Å². The maximum Gasteiger partial charge on any atom is 0.164 e. The summed E-state index contributed by atoms with van der Waals surface area (Å²) < 4.78 is 17.7. The second kappa shape index (κ2) is 4.60. The maximum atomic E-state index is 9.49. The van der Waals surface area contributed by atoms with E-state index in [0.717, 1.165) is 5.17 Å². The van der Waals surface area contributed by atoms with Crippen LogP contribution in [0.25, 0.3) is 0 Å². The van der Waals surface area contributed by atoms with Crippen LogP contribution in [0, 0.1) is 0 Å². The molecule has 1 N–H and O–H groups in total. The number of aliphatic hydroxyl groups is 1. The van der Waals surface area contributed by atoms with Gasteiger partial charge in [-0.15, -0.1) is 0 Å². The molecule has 0 aromatic heterocycles. The minimum absolute atomic E-state index is 0.0678. The maximum absolute atomic E-state index is 9.49. The van der Waals surface area contributed by atoms with Gasteiger partial charge in [-0.2, -0.15) is 0 Å².